The van der Waals surface area contributed by atoms with Crippen LogP contribution in [0.2, 0.25) is 0 Å². The van der Waals surface area contributed by atoms with E-state index in [1.807, 2.05) is 37.6 Å². The van der Waals surface area contributed by atoms with Gasteiger partial charge in [-0.05, 0) is 25.3 Å². The highest BCUT2D eigenvalue weighted by Gasteiger charge is 2.37. The van der Waals surface area contributed by atoms with Gasteiger partial charge in [0.1, 0.15) is 0 Å². The van der Waals surface area contributed by atoms with Crippen molar-refractivity contribution in [2.75, 3.05) is 18.1 Å². The van der Waals surface area contributed by atoms with Crippen molar-refractivity contribution in [3.63, 3.8) is 0 Å². The minimum absolute atomic E-state index is 0.0221. The Hall–Kier alpha value is -1.67. The highest BCUT2D eigenvalue weighted by molar-refractivity contribution is 7.91. The maximum absolute atomic E-state index is 13.0. The minimum atomic E-state index is -3.15. The first-order valence-electron chi connectivity index (χ1n) is 7.98. The van der Waals surface area contributed by atoms with E-state index in [1.165, 1.54) is 0 Å². The van der Waals surface area contributed by atoms with E-state index < -0.39 is 15.9 Å². The van der Waals surface area contributed by atoms with E-state index >= 15 is 0 Å². The minimum Gasteiger partial charge on any atom is -0.333 e. The van der Waals surface area contributed by atoms with Crippen molar-refractivity contribution in [1.82, 2.24) is 14.7 Å². The average Bonchev–Trinajstić information content (AvgIpc) is 3.24. The fraction of sp³-hybridized carbons (Fsp3) is 0.500. The summed E-state index contributed by atoms with van der Waals surface area (Å²) in [7, 11) is -3.15. The quantitative estimate of drug-likeness (QED) is 0.829. The summed E-state index contributed by atoms with van der Waals surface area (Å²) in [6.45, 7) is 4.79. The molecule has 0 unspecified atom stereocenters. The second-order valence-corrected chi connectivity index (χ2v) is 9.24. The molecule has 1 saturated heterocycles. The Kier molecular flexibility index (Phi) is 4.78. The van der Waals surface area contributed by atoms with Crippen LogP contribution in [0, 0.1) is 0 Å². The van der Waals surface area contributed by atoms with Crippen LogP contribution in [0.4, 0.5) is 0 Å². The number of hydrogen-bond donors (Lipinski definition) is 0. The molecule has 0 aliphatic carbocycles. The first kappa shape index (κ1) is 17.2. The van der Waals surface area contributed by atoms with Gasteiger partial charge in [-0.1, -0.05) is 6.07 Å². The number of amides is 1. The van der Waals surface area contributed by atoms with Crippen molar-refractivity contribution in [3.8, 4) is 0 Å². The SMILES string of the molecule is CCn1cc([C@H]2CS(=O)(=O)CCN2C(=O)[C@@H](C)c2cccs2)cn1. The summed E-state index contributed by atoms with van der Waals surface area (Å²) in [4.78, 5) is 15.7. The molecule has 3 heterocycles. The number of sulfone groups is 1. The Bertz CT molecular complexity index is 812. The van der Waals surface area contributed by atoms with Crippen molar-refractivity contribution in [1.29, 1.82) is 0 Å². The van der Waals surface area contributed by atoms with Crippen molar-refractivity contribution in [2.45, 2.75) is 32.4 Å². The third-order valence-electron chi connectivity index (χ3n) is 4.42. The van der Waals surface area contributed by atoms with E-state index in [1.54, 1.807) is 27.1 Å². The molecule has 1 fully saturated rings. The molecule has 6 nitrogen and oxygen atoms in total. The van der Waals surface area contributed by atoms with E-state index in [9.17, 15) is 13.2 Å². The fourth-order valence-electron chi connectivity index (χ4n) is 2.98. The zero-order chi connectivity index (χ0) is 17.3. The summed E-state index contributed by atoms with van der Waals surface area (Å²) in [5, 5.41) is 6.18. The predicted molar refractivity (Wildman–Crippen MR) is 93.7 cm³/mol. The normalized spacial score (nSPS) is 21.6. The lowest BCUT2D eigenvalue weighted by atomic mass is 10.0. The van der Waals surface area contributed by atoms with Gasteiger partial charge in [-0.3, -0.25) is 9.48 Å². The highest BCUT2D eigenvalue weighted by atomic mass is 32.2. The second-order valence-electron chi connectivity index (χ2n) is 6.03. The maximum atomic E-state index is 13.0. The maximum Gasteiger partial charge on any atom is 0.231 e. The molecule has 1 amide bonds. The van der Waals surface area contributed by atoms with E-state index in [-0.39, 0.29) is 29.9 Å². The van der Waals surface area contributed by atoms with Gasteiger partial charge in [0.25, 0.3) is 0 Å². The summed E-state index contributed by atoms with van der Waals surface area (Å²) in [5.74, 6) is -0.310. The Morgan fingerprint density at radius 1 is 1.50 bits per heavy atom. The first-order chi connectivity index (χ1) is 11.4. The number of rotatable bonds is 4. The van der Waals surface area contributed by atoms with Gasteiger partial charge in [0.15, 0.2) is 9.84 Å². The lowest BCUT2D eigenvalue weighted by Crippen LogP contribution is -2.47. The summed E-state index contributed by atoms with van der Waals surface area (Å²) < 4.78 is 26.0. The number of thiophene rings is 1. The summed E-state index contributed by atoms with van der Waals surface area (Å²) in [5.41, 5.74) is 0.784. The van der Waals surface area contributed by atoms with Gasteiger partial charge in [-0.2, -0.15) is 5.10 Å². The third kappa shape index (κ3) is 3.39. The molecule has 3 rings (SSSR count). The van der Waals surface area contributed by atoms with Crippen LogP contribution < -0.4 is 0 Å². The van der Waals surface area contributed by atoms with Crippen molar-refractivity contribution in [3.05, 3.63) is 40.3 Å². The number of carbonyl (C=O) groups is 1. The van der Waals surface area contributed by atoms with E-state index in [0.717, 1.165) is 10.4 Å². The van der Waals surface area contributed by atoms with Crippen LogP contribution >= 0.6 is 11.3 Å². The standard InChI is InChI=1S/C16H21N3O3S2/c1-3-18-10-13(9-17-18)14-11-24(21,22)8-6-19(14)16(20)12(2)15-5-4-7-23-15/h4-5,7,9-10,12,14H,3,6,8,11H2,1-2H3/t12-,14+/m0/s1. The molecular weight excluding hydrogens is 346 g/mol. The number of aryl methyl sites for hydroxylation is 1. The molecule has 24 heavy (non-hydrogen) atoms. The zero-order valence-corrected chi connectivity index (χ0v) is 15.4. The molecule has 2 atom stereocenters. The van der Waals surface area contributed by atoms with Gasteiger partial charge in [-0.25, -0.2) is 8.42 Å². The Morgan fingerprint density at radius 3 is 2.92 bits per heavy atom. The summed E-state index contributed by atoms with van der Waals surface area (Å²) in [6.07, 6.45) is 3.51. The number of carbonyl (C=O) groups excluding carboxylic acids is 1. The molecule has 1 aliphatic rings. The van der Waals surface area contributed by atoms with E-state index in [0.29, 0.717) is 6.54 Å². The van der Waals surface area contributed by atoms with E-state index in [2.05, 4.69) is 5.10 Å². The van der Waals surface area contributed by atoms with Gasteiger partial charge < -0.3 is 4.90 Å². The fourth-order valence-corrected chi connectivity index (χ4v) is 5.25. The van der Waals surface area contributed by atoms with E-state index in [4.69, 9.17) is 0 Å². The Morgan fingerprint density at radius 2 is 2.29 bits per heavy atom. The van der Waals surface area contributed by atoms with Crippen LogP contribution in [0.15, 0.2) is 29.9 Å². The molecular formula is C16H21N3O3S2. The predicted octanol–water partition coefficient (Wildman–Crippen LogP) is 2.07. The number of hydrogen-bond acceptors (Lipinski definition) is 5. The Balaban J connectivity index is 1.90. The number of nitrogens with zero attached hydrogens (tertiary/aromatic N) is 3. The van der Waals surface area contributed by atoms with Gasteiger partial charge in [0, 0.05) is 29.7 Å². The molecule has 0 saturated carbocycles. The molecule has 0 N–H and O–H groups in total. The molecule has 0 spiro atoms. The molecule has 1 aliphatic heterocycles. The van der Waals surface area contributed by atoms with Gasteiger partial charge >= 0.3 is 0 Å². The second kappa shape index (κ2) is 6.68. The van der Waals surface area contributed by atoms with Crippen LogP contribution in [0.25, 0.3) is 0 Å². The van der Waals surface area contributed by atoms with Crippen molar-refractivity contribution in [2.24, 2.45) is 0 Å². The van der Waals surface area contributed by atoms with Crippen LogP contribution in [0.5, 0.6) is 0 Å². The number of aromatic nitrogens is 2. The van der Waals surface area contributed by atoms with Gasteiger partial charge in [0.2, 0.25) is 5.91 Å². The zero-order valence-electron chi connectivity index (χ0n) is 13.8. The molecule has 2 aromatic rings. The lowest BCUT2D eigenvalue weighted by Gasteiger charge is -2.36. The largest absolute Gasteiger partial charge is 0.333 e. The first-order valence-corrected chi connectivity index (χ1v) is 10.7. The monoisotopic (exact) mass is 367 g/mol. The molecule has 130 valence electrons. The average molecular weight is 367 g/mol. The molecule has 0 radical (unpaired) electrons. The smallest absolute Gasteiger partial charge is 0.231 e. The van der Waals surface area contributed by atoms with Crippen LogP contribution in [-0.4, -0.2) is 47.1 Å². The summed E-state index contributed by atoms with van der Waals surface area (Å²) >= 11 is 1.55. The van der Waals surface area contributed by atoms with Crippen LogP contribution in [0.1, 0.15) is 36.2 Å². The Labute approximate surface area is 146 Å². The molecule has 2 aromatic heterocycles. The van der Waals surface area contributed by atoms with Gasteiger partial charge in [-0.15, -0.1) is 11.3 Å². The molecule has 0 bridgehead atoms. The van der Waals surface area contributed by atoms with Crippen molar-refractivity contribution >= 4 is 27.1 Å². The van der Waals surface area contributed by atoms with Crippen molar-refractivity contribution < 1.29 is 13.2 Å². The summed E-state index contributed by atoms with van der Waals surface area (Å²) in [6, 6.07) is 3.41. The highest BCUT2D eigenvalue weighted by Crippen LogP contribution is 2.31. The lowest BCUT2D eigenvalue weighted by molar-refractivity contribution is -0.134. The molecule has 8 heteroatoms. The topological polar surface area (TPSA) is 72.3 Å². The molecule has 0 aromatic carbocycles. The van der Waals surface area contributed by atoms with Crippen LogP contribution in [0.3, 0.4) is 0 Å². The third-order valence-corrected chi connectivity index (χ3v) is 7.10. The van der Waals surface area contributed by atoms with Gasteiger partial charge in [0.05, 0.1) is 29.7 Å². The van der Waals surface area contributed by atoms with Crippen LogP contribution in [-0.2, 0) is 21.2 Å².